The second kappa shape index (κ2) is 6.86. The average molecular weight is 198 g/mol. The highest BCUT2D eigenvalue weighted by atomic mass is 16.5. The van der Waals surface area contributed by atoms with Crippen molar-refractivity contribution in [2.45, 2.75) is 58.7 Å². The minimum atomic E-state index is -1.84. The van der Waals surface area contributed by atoms with Gasteiger partial charge < -0.3 is 10.2 Å². The monoisotopic (exact) mass is 198 g/mol. The second-order valence-electron chi connectivity index (χ2n) is 4.04. The normalized spacial score (nSPS) is 13.2. The highest BCUT2D eigenvalue weighted by molar-refractivity contribution is 5.09. The molecule has 14 heavy (non-hydrogen) atoms. The summed E-state index contributed by atoms with van der Waals surface area (Å²) in [6.07, 6.45) is 5.99. The van der Waals surface area contributed by atoms with E-state index >= 15 is 0 Å². The molecule has 0 aromatic rings. The van der Waals surface area contributed by atoms with Crippen LogP contribution in [0.1, 0.15) is 52.9 Å². The van der Waals surface area contributed by atoms with Gasteiger partial charge in [0.05, 0.1) is 0 Å². The molecule has 0 aliphatic rings. The summed E-state index contributed by atoms with van der Waals surface area (Å²) in [5.41, 5.74) is 0. The molecule has 2 heteroatoms. The van der Waals surface area contributed by atoms with Gasteiger partial charge in [-0.25, -0.2) is 0 Å². The van der Waals surface area contributed by atoms with E-state index in [0.717, 1.165) is 6.42 Å². The Morgan fingerprint density at radius 1 is 1.21 bits per heavy atom. The third-order valence-corrected chi connectivity index (χ3v) is 2.05. The van der Waals surface area contributed by atoms with E-state index in [1.165, 1.54) is 32.6 Å². The molecule has 0 rings (SSSR count). The molecule has 0 aromatic heterocycles. The van der Waals surface area contributed by atoms with Crippen LogP contribution in [0.2, 0.25) is 0 Å². The summed E-state index contributed by atoms with van der Waals surface area (Å²) in [4.78, 5) is 0. The lowest BCUT2D eigenvalue weighted by molar-refractivity contribution is -0.0916. The van der Waals surface area contributed by atoms with Crippen molar-refractivity contribution in [2.24, 2.45) is 5.92 Å². The molecule has 0 bridgehead atoms. The molecule has 1 atom stereocenters. The topological polar surface area (TPSA) is 40.5 Å². The van der Waals surface area contributed by atoms with Crippen molar-refractivity contribution < 1.29 is 10.2 Å². The van der Waals surface area contributed by atoms with Gasteiger partial charge >= 0.3 is 0 Å². The van der Waals surface area contributed by atoms with E-state index in [9.17, 15) is 0 Å². The van der Waals surface area contributed by atoms with E-state index in [1.807, 2.05) is 6.92 Å². The zero-order valence-corrected chi connectivity index (χ0v) is 9.51. The highest BCUT2D eigenvalue weighted by Gasteiger charge is 2.09. The van der Waals surface area contributed by atoms with E-state index in [2.05, 4.69) is 18.8 Å². The van der Waals surface area contributed by atoms with Gasteiger partial charge in [-0.3, -0.25) is 0 Å². The Bertz CT molecular complexity index is 193. The molecule has 0 aromatic carbocycles. The number of hydrogen-bond donors (Lipinski definition) is 2. The van der Waals surface area contributed by atoms with E-state index in [1.54, 1.807) is 0 Å². The molecular weight excluding hydrogens is 176 g/mol. The second-order valence-corrected chi connectivity index (χ2v) is 4.04. The van der Waals surface area contributed by atoms with Crippen molar-refractivity contribution in [1.82, 2.24) is 0 Å². The smallest absolute Gasteiger partial charge is 0.225 e. The van der Waals surface area contributed by atoms with Gasteiger partial charge in [-0.05, 0) is 12.3 Å². The standard InChI is InChI=1S/C12H22O2/c1-4-5-6-7-8-11(2)9-10-12(3,13)14/h11,13-14H,4-8H2,1-3H3. The fraction of sp³-hybridized carbons (Fsp3) is 0.833. The first-order chi connectivity index (χ1) is 6.45. The highest BCUT2D eigenvalue weighted by Crippen LogP contribution is 2.09. The Labute approximate surface area is 87.3 Å². The molecule has 1 unspecified atom stereocenters. The molecule has 0 amide bonds. The largest absolute Gasteiger partial charge is 0.356 e. The first-order valence-electron chi connectivity index (χ1n) is 5.43. The van der Waals surface area contributed by atoms with Gasteiger partial charge in [0.25, 0.3) is 0 Å². The van der Waals surface area contributed by atoms with Crippen LogP contribution in [0.5, 0.6) is 0 Å². The van der Waals surface area contributed by atoms with Crippen molar-refractivity contribution in [3.05, 3.63) is 0 Å². The molecule has 0 aliphatic carbocycles. The van der Waals surface area contributed by atoms with Crippen LogP contribution in [0.25, 0.3) is 0 Å². The van der Waals surface area contributed by atoms with Crippen molar-refractivity contribution in [2.75, 3.05) is 0 Å². The molecule has 2 nitrogen and oxygen atoms in total. The van der Waals surface area contributed by atoms with Crippen molar-refractivity contribution in [3.63, 3.8) is 0 Å². The van der Waals surface area contributed by atoms with Crippen LogP contribution in [0, 0.1) is 17.8 Å². The molecule has 0 fully saturated rings. The SMILES string of the molecule is CCCCCCC(C)C#CC(C)(O)O. The Morgan fingerprint density at radius 2 is 1.86 bits per heavy atom. The van der Waals surface area contributed by atoms with E-state index in [4.69, 9.17) is 10.2 Å². The van der Waals surface area contributed by atoms with Crippen LogP contribution >= 0.6 is 0 Å². The summed E-state index contributed by atoms with van der Waals surface area (Å²) in [6, 6.07) is 0. The third kappa shape index (κ3) is 9.57. The molecule has 0 aliphatic heterocycles. The van der Waals surface area contributed by atoms with Gasteiger partial charge in [0.15, 0.2) is 0 Å². The molecule has 0 spiro atoms. The molecule has 0 saturated heterocycles. The first-order valence-corrected chi connectivity index (χ1v) is 5.43. The summed E-state index contributed by atoms with van der Waals surface area (Å²) in [5.74, 6) is 3.69. The van der Waals surface area contributed by atoms with Gasteiger partial charge in [-0.2, -0.15) is 0 Å². The number of rotatable bonds is 5. The van der Waals surface area contributed by atoms with Crippen LogP contribution in [0.4, 0.5) is 0 Å². The van der Waals surface area contributed by atoms with Gasteiger partial charge in [0, 0.05) is 12.8 Å². The minimum Gasteiger partial charge on any atom is -0.356 e. The predicted molar refractivity (Wildman–Crippen MR) is 58.5 cm³/mol. The maximum atomic E-state index is 8.96. The van der Waals surface area contributed by atoms with Crippen molar-refractivity contribution in [3.8, 4) is 11.8 Å². The van der Waals surface area contributed by atoms with Crippen LogP contribution in [0.15, 0.2) is 0 Å². The van der Waals surface area contributed by atoms with Gasteiger partial charge in [-0.15, -0.1) is 0 Å². The average Bonchev–Trinajstić information content (AvgIpc) is 2.08. The van der Waals surface area contributed by atoms with Gasteiger partial charge in [0.2, 0.25) is 5.79 Å². The van der Waals surface area contributed by atoms with Crippen LogP contribution < -0.4 is 0 Å². The lowest BCUT2D eigenvalue weighted by Crippen LogP contribution is -2.19. The molecule has 0 radical (unpaired) electrons. The molecule has 0 heterocycles. The Balaban J connectivity index is 3.63. The van der Waals surface area contributed by atoms with Crippen LogP contribution in [-0.2, 0) is 0 Å². The van der Waals surface area contributed by atoms with E-state index < -0.39 is 5.79 Å². The quantitative estimate of drug-likeness (QED) is 0.404. The van der Waals surface area contributed by atoms with Crippen LogP contribution in [-0.4, -0.2) is 16.0 Å². The summed E-state index contributed by atoms with van der Waals surface area (Å²) >= 11 is 0. The molecule has 2 N–H and O–H groups in total. The summed E-state index contributed by atoms with van der Waals surface area (Å²) in [7, 11) is 0. The van der Waals surface area contributed by atoms with Crippen molar-refractivity contribution in [1.29, 1.82) is 0 Å². The van der Waals surface area contributed by atoms with E-state index in [0.29, 0.717) is 0 Å². The zero-order valence-electron chi connectivity index (χ0n) is 9.51. The fourth-order valence-corrected chi connectivity index (χ4v) is 1.21. The first kappa shape index (κ1) is 13.5. The van der Waals surface area contributed by atoms with Gasteiger partial charge in [0.1, 0.15) is 0 Å². The predicted octanol–water partition coefficient (Wildman–Crippen LogP) is 2.30. The number of aliphatic hydroxyl groups is 2. The van der Waals surface area contributed by atoms with Crippen LogP contribution in [0.3, 0.4) is 0 Å². The summed E-state index contributed by atoms with van der Waals surface area (Å²) < 4.78 is 0. The molecule has 82 valence electrons. The Morgan fingerprint density at radius 3 is 2.36 bits per heavy atom. The zero-order chi connectivity index (χ0) is 11.0. The number of unbranched alkanes of at least 4 members (excludes halogenated alkanes) is 3. The van der Waals surface area contributed by atoms with Gasteiger partial charge in [-0.1, -0.05) is 45.5 Å². The lowest BCUT2D eigenvalue weighted by atomic mass is 10.0. The fourth-order valence-electron chi connectivity index (χ4n) is 1.21. The summed E-state index contributed by atoms with van der Waals surface area (Å²) in [6.45, 7) is 5.49. The van der Waals surface area contributed by atoms with E-state index in [-0.39, 0.29) is 5.92 Å². The van der Waals surface area contributed by atoms with Crippen molar-refractivity contribution >= 4 is 0 Å². The number of hydrogen-bond acceptors (Lipinski definition) is 2. The lowest BCUT2D eigenvalue weighted by Gasteiger charge is -2.07. The maximum absolute atomic E-state index is 8.96. The maximum Gasteiger partial charge on any atom is 0.225 e. The molecule has 0 saturated carbocycles. The third-order valence-electron chi connectivity index (χ3n) is 2.05. The Kier molecular flexibility index (Phi) is 6.61. The Hall–Kier alpha value is -0.520. The molecular formula is C12H22O2. The summed E-state index contributed by atoms with van der Waals surface area (Å²) in [5, 5.41) is 17.9. The minimum absolute atomic E-state index is 0.255.